The van der Waals surface area contributed by atoms with Crippen molar-refractivity contribution in [1.82, 2.24) is 9.80 Å². The number of aryl methyl sites for hydroxylation is 1. The number of rotatable bonds is 9. The predicted molar refractivity (Wildman–Crippen MR) is 140 cm³/mol. The fourth-order valence-corrected chi connectivity index (χ4v) is 5.46. The van der Waals surface area contributed by atoms with Gasteiger partial charge >= 0.3 is 0 Å². The van der Waals surface area contributed by atoms with Crippen LogP contribution in [0.5, 0.6) is 0 Å². The molecule has 4 rings (SSSR count). The minimum Gasteiger partial charge on any atom is -0.357 e. The van der Waals surface area contributed by atoms with Crippen LogP contribution in [0.15, 0.2) is 59.1 Å². The van der Waals surface area contributed by atoms with Crippen LogP contribution in [0.1, 0.15) is 42.9 Å². The van der Waals surface area contributed by atoms with E-state index in [0.29, 0.717) is 17.8 Å². The van der Waals surface area contributed by atoms with Crippen molar-refractivity contribution in [2.75, 3.05) is 32.7 Å². The van der Waals surface area contributed by atoms with Crippen molar-refractivity contribution in [1.29, 1.82) is 5.41 Å². The molecule has 1 aliphatic heterocycles. The number of hydrogen-bond donors (Lipinski definition) is 1. The Balaban J connectivity index is 1.50. The second-order valence-electron chi connectivity index (χ2n) is 8.88. The highest BCUT2D eigenvalue weighted by molar-refractivity contribution is 9.10. The van der Waals surface area contributed by atoms with Gasteiger partial charge in [0.1, 0.15) is 11.7 Å². The number of amidine groups is 1. The molecular formula is C28H33BrFN3. The number of nitrogens with zero attached hydrogens (tertiary/aromatic N) is 2. The largest absolute Gasteiger partial charge is 0.357 e. The molecule has 0 spiro atoms. The van der Waals surface area contributed by atoms with Crippen LogP contribution in [0.25, 0.3) is 10.8 Å². The Kier molecular flexibility index (Phi) is 8.15. The van der Waals surface area contributed by atoms with E-state index in [1.807, 2.05) is 18.2 Å². The topological polar surface area (TPSA) is 30.3 Å². The molecule has 0 aromatic heterocycles. The minimum absolute atomic E-state index is 0.218. The summed E-state index contributed by atoms with van der Waals surface area (Å²) in [5, 5.41) is 11.3. The van der Waals surface area contributed by atoms with Gasteiger partial charge in [0.15, 0.2) is 0 Å². The lowest BCUT2D eigenvalue weighted by molar-refractivity contribution is 0.310. The molecule has 0 unspecified atom stereocenters. The summed E-state index contributed by atoms with van der Waals surface area (Å²) < 4.78 is 16.0. The first-order chi connectivity index (χ1) is 16.1. The van der Waals surface area contributed by atoms with Crippen LogP contribution in [0.3, 0.4) is 0 Å². The van der Waals surface area contributed by atoms with Crippen LogP contribution in [0, 0.1) is 11.2 Å². The van der Waals surface area contributed by atoms with E-state index in [1.54, 1.807) is 6.07 Å². The second-order valence-corrected chi connectivity index (χ2v) is 9.80. The Labute approximate surface area is 205 Å². The van der Waals surface area contributed by atoms with Crippen LogP contribution < -0.4 is 0 Å². The zero-order valence-corrected chi connectivity index (χ0v) is 21.0. The smallest absolute Gasteiger partial charge is 0.128 e. The van der Waals surface area contributed by atoms with Crippen molar-refractivity contribution in [3.05, 3.63) is 81.6 Å². The first kappa shape index (κ1) is 23.9. The SMILES string of the molecule is CCN(CCCN1CCCC1)C(=N)c1cccc(F)c1CCc1cc(Br)cc2ccccc12. The molecule has 174 valence electrons. The van der Waals surface area contributed by atoms with Crippen LogP contribution in [0.2, 0.25) is 0 Å². The van der Waals surface area contributed by atoms with Crippen LogP contribution in [0.4, 0.5) is 4.39 Å². The summed E-state index contributed by atoms with van der Waals surface area (Å²) in [4.78, 5) is 4.59. The highest BCUT2D eigenvalue weighted by Gasteiger charge is 2.18. The Bertz CT molecular complexity index is 1110. The monoisotopic (exact) mass is 509 g/mol. The molecule has 0 saturated carbocycles. The average molecular weight is 510 g/mol. The van der Waals surface area contributed by atoms with Crippen molar-refractivity contribution < 1.29 is 4.39 Å². The van der Waals surface area contributed by atoms with Crippen molar-refractivity contribution in [3.8, 4) is 0 Å². The third kappa shape index (κ3) is 5.82. The van der Waals surface area contributed by atoms with Gasteiger partial charge in [0.05, 0.1) is 0 Å². The quantitative estimate of drug-likeness (QED) is 0.258. The van der Waals surface area contributed by atoms with Gasteiger partial charge in [-0.3, -0.25) is 5.41 Å². The summed E-state index contributed by atoms with van der Waals surface area (Å²) in [6.45, 7) is 7.14. The molecule has 3 nitrogen and oxygen atoms in total. The van der Waals surface area contributed by atoms with E-state index in [9.17, 15) is 4.39 Å². The minimum atomic E-state index is -0.218. The van der Waals surface area contributed by atoms with Crippen LogP contribution in [-0.4, -0.2) is 48.4 Å². The summed E-state index contributed by atoms with van der Waals surface area (Å²) >= 11 is 3.62. The third-order valence-electron chi connectivity index (χ3n) is 6.73. The number of likely N-dealkylation sites (tertiary alicyclic amines) is 1. The summed E-state index contributed by atoms with van der Waals surface area (Å²) in [6.07, 6.45) is 4.92. The molecular weight excluding hydrogens is 477 g/mol. The second kappa shape index (κ2) is 11.3. The van der Waals surface area contributed by atoms with Gasteiger partial charge < -0.3 is 9.80 Å². The molecule has 1 aliphatic rings. The molecule has 5 heteroatoms. The maximum absolute atomic E-state index is 15.0. The van der Waals surface area contributed by atoms with Crippen molar-refractivity contribution in [3.63, 3.8) is 0 Å². The van der Waals surface area contributed by atoms with Crippen molar-refractivity contribution in [2.24, 2.45) is 0 Å². The zero-order chi connectivity index (χ0) is 23.2. The highest BCUT2D eigenvalue weighted by atomic mass is 79.9. The molecule has 1 saturated heterocycles. The van der Waals surface area contributed by atoms with Gasteiger partial charge in [0.25, 0.3) is 0 Å². The molecule has 0 radical (unpaired) electrons. The summed E-state index contributed by atoms with van der Waals surface area (Å²) in [5.74, 6) is 0.220. The first-order valence-corrected chi connectivity index (χ1v) is 12.9. The zero-order valence-electron chi connectivity index (χ0n) is 19.4. The Morgan fingerprint density at radius 3 is 2.64 bits per heavy atom. The van der Waals surface area contributed by atoms with Gasteiger partial charge in [0.2, 0.25) is 0 Å². The Morgan fingerprint density at radius 1 is 1.06 bits per heavy atom. The number of fused-ring (bicyclic) bond motifs is 1. The molecule has 1 N–H and O–H groups in total. The van der Waals surface area contributed by atoms with Crippen molar-refractivity contribution >= 4 is 32.5 Å². The number of benzene rings is 3. The first-order valence-electron chi connectivity index (χ1n) is 12.1. The van der Waals surface area contributed by atoms with Crippen LogP contribution >= 0.6 is 15.9 Å². The van der Waals surface area contributed by atoms with Gasteiger partial charge in [-0.05, 0) is 98.8 Å². The molecule has 3 aromatic rings. The fourth-order valence-electron chi connectivity index (χ4n) is 4.94. The van der Waals surface area contributed by atoms with E-state index < -0.39 is 0 Å². The summed E-state index contributed by atoms with van der Waals surface area (Å²) in [5.41, 5.74) is 2.56. The van der Waals surface area contributed by atoms with Crippen molar-refractivity contribution in [2.45, 2.75) is 39.0 Å². The Hall–Kier alpha value is -2.24. The van der Waals surface area contributed by atoms with Crippen LogP contribution in [-0.2, 0) is 12.8 Å². The van der Waals surface area contributed by atoms with E-state index in [-0.39, 0.29) is 5.82 Å². The van der Waals surface area contributed by atoms with Gasteiger partial charge in [-0.2, -0.15) is 0 Å². The molecule has 3 aromatic carbocycles. The van der Waals surface area contributed by atoms with Gasteiger partial charge in [-0.15, -0.1) is 0 Å². The van der Waals surface area contributed by atoms with E-state index in [0.717, 1.165) is 42.5 Å². The summed E-state index contributed by atoms with van der Waals surface area (Å²) in [7, 11) is 0. The maximum atomic E-state index is 15.0. The lowest BCUT2D eigenvalue weighted by Gasteiger charge is -2.26. The average Bonchev–Trinajstić information content (AvgIpc) is 3.34. The number of hydrogen-bond acceptors (Lipinski definition) is 2. The molecule has 0 amide bonds. The fraction of sp³-hybridized carbons (Fsp3) is 0.393. The number of nitrogens with one attached hydrogen (secondary N) is 1. The predicted octanol–water partition coefficient (Wildman–Crippen LogP) is 6.66. The standard InChI is InChI=1S/C28H33BrFN3/c1-2-33(18-8-17-32-15-5-6-16-32)28(31)26-11-7-12-27(30)25(26)14-13-22-20-23(29)19-21-9-3-4-10-24(21)22/h3-4,7,9-12,19-20,31H,2,5-6,8,13-18H2,1H3. The molecule has 0 aliphatic carbocycles. The molecule has 0 bridgehead atoms. The van der Waals surface area contributed by atoms with E-state index >= 15 is 0 Å². The maximum Gasteiger partial charge on any atom is 0.128 e. The van der Waals surface area contributed by atoms with E-state index in [1.165, 1.54) is 48.3 Å². The lowest BCUT2D eigenvalue weighted by Crippen LogP contribution is -2.34. The molecule has 1 fully saturated rings. The number of halogens is 2. The Morgan fingerprint density at radius 2 is 1.85 bits per heavy atom. The lowest BCUT2D eigenvalue weighted by atomic mass is 9.95. The van der Waals surface area contributed by atoms with Gasteiger partial charge in [0, 0.05) is 23.1 Å². The molecule has 33 heavy (non-hydrogen) atoms. The molecule has 0 atom stereocenters. The summed E-state index contributed by atoms with van der Waals surface area (Å²) in [6, 6.07) is 17.7. The van der Waals surface area contributed by atoms with E-state index in [2.05, 4.69) is 56.9 Å². The third-order valence-corrected chi connectivity index (χ3v) is 7.19. The van der Waals surface area contributed by atoms with Gasteiger partial charge in [-0.25, -0.2) is 4.39 Å². The molecule has 1 heterocycles. The highest BCUT2D eigenvalue weighted by Crippen LogP contribution is 2.27. The van der Waals surface area contributed by atoms with E-state index in [4.69, 9.17) is 5.41 Å². The van der Waals surface area contributed by atoms with Gasteiger partial charge in [-0.1, -0.05) is 52.3 Å². The normalized spacial score (nSPS) is 14.2.